The van der Waals surface area contributed by atoms with E-state index in [0.29, 0.717) is 5.92 Å². The maximum Gasteiger partial charge on any atom is 0.0521 e. The molecule has 0 aliphatic rings. The molecule has 20 heavy (non-hydrogen) atoms. The largest absolute Gasteiger partial charge is 0.317 e. The molecule has 0 radical (unpaired) electrons. The molecule has 2 aromatic rings. The fourth-order valence-electron chi connectivity index (χ4n) is 2.45. The molecule has 1 N–H and O–H groups in total. The van der Waals surface area contributed by atoms with Gasteiger partial charge in [0, 0.05) is 18.3 Å². The van der Waals surface area contributed by atoms with Gasteiger partial charge < -0.3 is 5.32 Å². The van der Waals surface area contributed by atoms with E-state index in [1.807, 2.05) is 30.1 Å². The first-order valence-electron chi connectivity index (χ1n) is 7.10. The lowest BCUT2D eigenvalue weighted by molar-refractivity contribution is 0.478. The van der Waals surface area contributed by atoms with Crippen molar-refractivity contribution in [3.05, 3.63) is 52.8 Å². The lowest BCUT2D eigenvalue weighted by atomic mass is 9.93. The molecular formula is C16H22ClN3. The van der Waals surface area contributed by atoms with E-state index in [-0.39, 0.29) is 0 Å². The van der Waals surface area contributed by atoms with Gasteiger partial charge in [0.1, 0.15) is 0 Å². The summed E-state index contributed by atoms with van der Waals surface area (Å²) in [6.07, 6.45) is 6.05. The number of rotatable bonds is 7. The number of nitrogens with zero attached hydrogens (tertiary/aromatic N) is 2. The Kier molecular flexibility index (Phi) is 5.62. The lowest BCUT2D eigenvalue weighted by Crippen LogP contribution is -2.25. The number of hydrogen-bond acceptors (Lipinski definition) is 2. The van der Waals surface area contributed by atoms with Gasteiger partial charge in [0.05, 0.1) is 6.20 Å². The summed E-state index contributed by atoms with van der Waals surface area (Å²) in [5, 5.41) is 8.55. The first-order chi connectivity index (χ1) is 9.69. The quantitative estimate of drug-likeness (QED) is 0.849. The van der Waals surface area contributed by atoms with Crippen LogP contribution in [-0.2, 0) is 19.9 Å². The van der Waals surface area contributed by atoms with E-state index >= 15 is 0 Å². The number of aryl methyl sites for hydroxylation is 1. The Labute approximate surface area is 126 Å². The second-order valence-corrected chi connectivity index (χ2v) is 5.60. The highest BCUT2D eigenvalue weighted by atomic mass is 35.5. The Morgan fingerprint density at radius 3 is 2.75 bits per heavy atom. The van der Waals surface area contributed by atoms with Crippen LogP contribution in [0.15, 0.2) is 36.7 Å². The van der Waals surface area contributed by atoms with Crippen LogP contribution in [0.5, 0.6) is 0 Å². The van der Waals surface area contributed by atoms with Gasteiger partial charge in [-0.1, -0.05) is 36.7 Å². The molecule has 1 atom stereocenters. The minimum absolute atomic E-state index is 0.527. The van der Waals surface area contributed by atoms with Crippen LogP contribution in [-0.4, -0.2) is 22.9 Å². The molecule has 1 aromatic heterocycles. The Morgan fingerprint density at radius 2 is 2.10 bits per heavy atom. The Hall–Kier alpha value is -1.32. The molecule has 0 fully saturated rings. The van der Waals surface area contributed by atoms with Crippen LogP contribution in [0.25, 0.3) is 0 Å². The SMILES string of the molecule is CCNCC(Cc1cnn(C)c1)Cc1ccccc1Cl. The number of benzene rings is 1. The van der Waals surface area contributed by atoms with Crippen molar-refractivity contribution >= 4 is 11.6 Å². The van der Waals surface area contributed by atoms with Gasteiger partial charge in [-0.25, -0.2) is 0 Å². The molecule has 2 rings (SSSR count). The lowest BCUT2D eigenvalue weighted by Gasteiger charge is -2.17. The van der Waals surface area contributed by atoms with Crippen LogP contribution >= 0.6 is 11.6 Å². The zero-order chi connectivity index (χ0) is 14.4. The average Bonchev–Trinajstić information content (AvgIpc) is 2.84. The zero-order valence-electron chi connectivity index (χ0n) is 12.1. The van der Waals surface area contributed by atoms with E-state index in [1.165, 1.54) is 11.1 Å². The number of nitrogens with one attached hydrogen (secondary N) is 1. The van der Waals surface area contributed by atoms with E-state index in [2.05, 4.69) is 35.7 Å². The van der Waals surface area contributed by atoms with Crippen LogP contribution in [0.3, 0.4) is 0 Å². The molecule has 0 amide bonds. The molecule has 1 heterocycles. The van der Waals surface area contributed by atoms with Gasteiger partial charge in [-0.15, -0.1) is 0 Å². The summed E-state index contributed by atoms with van der Waals surface area (Å²) in [6, 6.07) is 8.11. The van der Waals surface area contributed by atoms with E-state index in [4.69, 9.17) is 11.6 Å². The Morgan fingerprint density at radius 1 is 1.30 bits per heavy atom. The van der Waals surface area contributed by atoms with Crippen LogP contribution < -0.4 is 5.32 Å². The first-order valence-corrected chi connectivity index (χ1v) is 7.48. The van der Waals surface area contributed by atoms with Gasteiger partial charge in [-0.05, 0) is 49.0 Å². The summed E-state index contributed by atoms with van der Waals surface area (Å²) in [5.74, 6) is 0.527. The van der Waals surface area contributed by atoms with Crippen molar-refractivity contribution in [3.63, 3.8) is 0 Å². The third-order valence-electron chi connectivity index (χ3n) is 3.43. The molecule has 0 aliphatic heterocycles. The van der Waals surface area contributed by atoms with Crippen LogP contribution in [0.4, 0.5) is 0 Å². The Balaban J connectivity index is 2.05. The summed E-state index contributed by atoms with van der Waals surface area (Å²) in [5.41, 5.74) is 2.50. The monoisotopic (exact) mass is 291 g/mol. The summed E-state index contributed by atoms with van der Waals surface area (Å²) in [6.45, 7) is 4.12. The molecule has 4 heteroatoms. The summed E-state index contributed by atoms with van der Waals surface area (Å²) >= 11 is 6.27. The first kappa shape index (κ1) is 15.1. The van der Waals surface area contributed by atoms with Crippen molar-refractivity contribution in [2.24, 2.45) is 13.0 Å². The second kappa shape index (κ2) is 7.46. The van der Waals surface area contributed by atoms with Gasteiger partial charge in [0.25, 0.3) is 0 Å². The maximum atomic E-state index is 6.27. The zero-order valence-corrected chi connectivity index (χ0v) is 12.9. The predicted octanol–water partition coefficient (Wildman–Crippen LogP) is 3.08. The molecule has 0 saturated carbocycles. The molecule has 3 nitrogen and oxygen atoms in total. The fraction of sp³-hybridized carbons (Fsp3) is 0.438. The molecule has 0 aliphatic carbocycles. The molecule has 0 bridgehead atoms. The normalized spacial score (nSPS) is 12.6. The van der Waals surface area contributed by atoms with Crippen LogP contribution in [0.1, 0.15) is 18.1 Å². The van der Waals surface area contributed by atoms with Gasteiger partial charge in [-0.3, -0.25) is 4.68 Å². The molecule has 0 saturated heterocycles. The predicted molar refractivity (Wildman–Crippen MR) is 84.1 cm³/mol. The van der Waals surface area contributed by atoms with Crippen LogP contribution in [0.2, 0.25) is 5.02 Å². The van der Waals surface area contributed by atoms with E-state index in [9.17, 15) is 0 Å². The highest BCUT2D eigenvalue weighted by molar-refractivity contribution is 6.31. The molecule has 1 aromatic carbocycles. The molecular weight excluding hydrogens is 270 g/mol. The second-order valence-electron chi connectivity index (χ2n) is 5.20. The average molecular weight is 292 g/mol. The third-order valence-corrected chi connectivity index (χ3v) is 3.80. The van der Waals surface area contributed by atoms with Crippen molar-refractivity contribution in [2.45, 2.75) is 19.8 Å². The highest BCUT2D eigenvalue weighted by Crippen LogP contribution is 2.20. The van der Waals surface area contributed by atoms with Gasteiger partial charge in [0.2, 0.25) is 0 Å². The Bertz CT molecular complexity index is 536. The van der Waals surface area contributed by atoms with Gasteiger partial charge in [0.15, 0.2) is 0 Å². The van der Waals surface area contributed by atoms with Crippen molar-refractivity contribution in [3.8, 4) is 0 Å². The number of halogens is 1. The smallest absolute Gasteiger partial charge is 0.0521 e. The van der Waals surface area contributed by atoms with E-state index in [0.717, 1.165) is 31.0 Å². The van der Waals surface area contributed by atoms with E-state index in [1.54, 1.807) is 0 Å². The molecule has 108 valence electrons. The highest BCUT2D eigenvalue weighted by Gasteiger charge is 2.13. The third kappa shape index (κ3) is 4.36. The van der Waals surface area contributed by atoms with E-state index < -0.39 is 0 Å². The van der Waals surface area contributed by atoms with Crippen molar-refractivity contribution < 1.29 is 0 Å². The van der Waals surface area contributed by atoms with Crippen molar-refractivity contribution in [2.75, 3.05) is 13.1 Å². The van der Waals surface area contributed by atoms with Gasteiger partial charge >= 0.3 is 0 Å². The standard InChI is InChI=1S/C16H22ClN3/c1-3-18-10-13(8-14-11-19-20(2)12-14)9-15-6-4-5-7-16(15)17/h4-7,11-13,18H,3,8-10H2,1-2H3. The van der Waals surface area contributed by atoms with Crippen LogP contribution in [0, 0.1) is 5.92 Å². The summed E-state index contributed by atoms with van der Waals surface area (Å²) < 4.78 is 1.86. The minimum Gasteiger partial charge on any atom is -0.317 e. The topological polar surface area (TPSA) is 29.9 Å². The van der Waals surface area contributed by atoms with Crippen molar-refractivity contribution in [1.29, 1.82) is 0 Å². The molecule has 0 spiro atoms. The number of hydrogen-bond donors (Lipinski definition) is 1. The number of aromatic nitrogens is 2. The molecule has 1 unspecified atom stereocenters. The minimum atomic E-state index is 0.527. The fourth-order valence-corrected chi connectivity index (χ4v) is 2.66. The van der Waals surface area contributed by atoms with Gasteiger partial charge in [-0.2, -0.15) is 5.10 Å². The summed E-state index contributed by atoms with van der Waals surface area (Å²) in [4.78, 5) is 0. The van der Waals surface area contributed by atoms with Crippen molar-refractivity contribution in [1.82, 2.24) is 15.1 Å². The summed E-state index contributed by atoms with van der Waals surface area (Å²) in [7, 11) is 1.96. The maximum absolute atomic E-state index is 6.27.